The summed E-state index contributed by atoms with van der Waals surface area (Å²) in [5, 5.41) is 2.88. The molecule has 6 nitrogen and oxygen atoms in total. The Balaban J connectivity index is 1.61. The third-order valence-corrected chi connectivity index (χ3v) is 6.24. The SMILES string of the molecule is O=C1NC2(CCSC2)C(=O)N1Cc1cc2c(cc1Br)OCCO2. The van der Waals surface area contributed by atoms with Gasteiger partial charge in [0.1, 0.15) is 18.8 Å². The number of fused-ring (bicyclic) bond motifs is 1. The molecule has 0 aliphatic carbocycles. The molecule has 1 spiro atoms. The fourth-order valence-corrected chi connectivity index (χ4v) is 4.82. The Morgan fingerprint density at radius 1 is 1.26 bits per heavy atom. The first kappa shape index (κ1) is 15.1. The lowest BCUT2D eigenvalue weighted by atomic mass is 9.99. The molecule has 0 bridgehead atoms. The Labute approximate surface area is 146 Å². The molecule has 1 atom stereocenters. The fourth-order valence-electron chi connectivity index (χ4n) is 3.05. The zero-order valence-corrected chi connectivity index (χ0v) is 14.7. The van der Waals surface area contributed by atoms with Crippen LogP contribution in [0.25, 0.3) is 0 Å². The number of ether oxygens (including phenoxy) is 2. The summed E-state index contributed by atoms with van der Waals surface area (Å²) in [5.74, 6) is 2.74. The number of rotatable bonds is 2. The fraction of sp³-hybridized carbons (Fsp3) is 0.467. The molecule has 8 heteroatoms. The van der Waals surface area contributed by atoms with Gasteiger partial charge in [0, 0.05) is 10.2 Å². The first-order valence-electron chi connectivity index (χ1n) is 7.39. The number of hydrogen-bond acceptors (Lipinski definition) is 5. The predicted octanol–water partition coefficient (Wildman–Crippen LogP) is 2.15. The van der Waals surface area contributed by atoms with Gasteiger partial charge in [0.15, 0.2) is 11.5 Å². The van der Waals surface area contributed by atoms with E-state index in [0.717, 1.165) is 15.8 Å². The van der Waals surface area contributed by atoms with Crippen LogP contribution in [-0.2, 0) is 11.3 Å². The number of carbonyl (C=O) groups is 2. The number of carbonyl (C=O) groups excluding carboxylic acids is 2. The molecule has 1 N–H and O–H groups in total. The minimum Gasteiger partial charge on any atom is -0.486 e. The molecule has 0 saturated carbocycles. The van der Waals surface area contributed by atoms with Crippen molar-refractivity contribution in [3.63, 3.8) is 0 Å². The maximum Gasteiger partial charge on any atom is 0.325 e. The van der Waals surface area contributed by atoms with Crippen molar-refractivity contribution in [2.24, 2.45) is 0 Å². The number of hydrogen-bond donors (Lipinski definition) is 1. The minimum absolute atomic E-state index is 0.130. The Hall–Kier alpha value is -1.41. The molecule has 3 aliphatic heterocycles. The van der Waals surface area contributed by atoms with E-state index in [2.05, 4.69) is 21.2 Å². The van der Waals surface area contributed by atoms with Crippen molar-refractivity contribution in [2.45, 2.75) is 18.5 Å². The summed E-state index contributed by atoms with van der Waals surface area (Å²) in [6, 6.07) is 3.33. The Kier molecular flexibility index (Phi) is 3.68. The molecule has 3 amide bonds. The van der Waals surface area contributed by atoms with Crippen LogP contribution < -0.4 is 14.8 Å². The van der Waals surface area contributed by atoms with E-state index in [1.54, 1.807) is 11.8 Å². The van der Waals surface area contributed by atoms with E-state index >= 15 is 0 Å². The molecule has 1 aromatic rings. The highest BCUT2D eigenvalue weighted by molar-refractivity contribution is 9.10. The van der Waals surface area contributed by atoms with Crippen LogP contribution in [0.4, 0.5) is 4.79 Å². The average Bonchev–Trinajstić information content (AvgIpc) is 3.09. The minimum atomic E-state index is -0.706. The van der Waals surface area contributed by atoms with Crippen LogP contribution >= 0.6 is 27.7 Å². The monoisotopic (exact) mass is 398 g/mol. The lowest BCUT2D eigenvalue weighted by Gasteiger charge is -2.22. The largest absolute Gasteiger partial charge is 0.486 e. The van der Waals surface area contributed by atoms with Crippen LogP contribution in [0.5, 0.6) is 11.5 Å². The van der Waals surface area contributed by atoms with Crippen molar-refractivity contribution < 1.29 is 19.1 Å². The van der Waals surface area contributed by atoms with E-state index in [1.807, 2.05) is 12.1 Å². The van der Waals surface area contributed by atoms with Gasteiger partial charge >= 0.3 is 6.03 Å². The summed E-state index contributed by atoms with van der Waals surface area (Å²) < 4.78 is 11.9. The molecule has 3 aliphatic rings. The summed E-state index contributed by atoms with van der Waals surface area (Å²) in [6.45, 7) is 1.23. The maximum absolute atomic E-state index is 12.7. The van der Waals surface area contributed by atoms with Crippen molar-refractivity contribution in [2.75, 3.05) is 24.7 Å². The zero-order valence-electron chi connectivity index (χ0n) is 12.3. The summed E-state index contributed by atoms with van der Waals surface area (Å²) in [4.78, 5) is 26.3. The van der Waals surface area contributed by atoms with Gasteiger partial charge in [-0.1, -0.05) is 15.9 Å². The normalized spacial score (nSPS) is 26.0. The van der Waals surface area contributed by atoms with E-state index in [1.165, 1.54) is 4.90 Å². The van der Waals surface area contributed by atoms with Gasteiger partial charge < -0.3 is 14.8 Å². The number of thioether (sulfide) groups is 1. The van der Waals surface area contributed by atoms with E-state index in [0.29, 0.717) is 36.9 Å². The summed E-state index contributed by atoms with van der Waals surface area (Å²) >= 11 is 5.19. The molecule has 4 rings (SSSR count). The van der Waals surface area contributed by atoms with Gasteiger partial charge in [-0.2, -0.15) is 11.8 Å². The smallest absolute Gasteiger partial charge is 0.325 e. The highest BCUT2D eigenvalue weighted by atomic mass is 79.9. The molecular weight excluding hydrogens is 384 g/mol. The lowest BCUT2D eigenvalue weighted by Crippen LogP contribution is -2.46. The number of imide groups is 1. The lowest BCUT2D eigenvalue weighted by molar-refractivity contribution is -0.130. The van der Waals surface area contributed by atoms with Crippen molar-refractivity contribution in [3.05, 3.63) is 22.2 Å². The van der Waals surface area contributed by atoms with Crippen molar-refractivity contribution in [3.8, 4) is 11.5 Å². The Bertz CT molecular complexity index is 690. The number of amides is 3. The van der Waals surface area contributed by atoms with E-state index in [-0.39, 0.29) is 18.5 Å². The third kappa shape index (κ3) is 2.48. The average molecular weight is 399 g/mol. The first-order valence-corrected chi connectivity index (χ1v) is 9.34. The first-order chi connectivity index (χ1) is 11.1. The maximum atomic E-state index is 12.7. The van der Waals surface area contributed by atoms with E-state index < -0.39 is 5.54 Å². The Morgan fingerprint density at radius 3 is 2.70 bits per heavy atom. The van der Waals surface area contributed by atoms with Crippen LogP contribution in [0.15, 0.2) is 16.6 Å². The number of nitrogens with one attached hydrogen (secondary N) is 1. The van der Waals surface area contributed by atoms with Gasteiger partial charge in [0.25, 0.3) is 5.91 Å². The van der Waals surface area contributed by atoms with Crippen LogP contribution in [0.2, 0.25) is 0 Å². The number of halogens is 1. The zero-order chi connectivity index (χ0) is 16.0. The number of urea groups is 1. The molecular formula is C15H15BrN2O4S. The molecule has 23 heavy (non-hydrogen) atoms. The third-order valence-electron chi connectivity index (χ3n) is 4.31. The van der Waals surface area contributed by atoms with Gasteiger partial charge in [-0.15, -0.1) is 0 Å². The molecule has 122 valence electrons. The number of nitrogens with zero attached hydrogens (tertiary/aromatic N) is 1. The highest BCUT2D eigenvalue weighted by Crippen LogP contribution is 2.38. The van der Waals surface area contributed by atoms with Crippen LogP contribution in [0, 0.1) is 0 Å². The Morgan fingerprint density at radius 2 is 2.00 bits per heavy atom. The van der Waals surface area contributed by atoms with E-state index in [9.17, 15) is 9.59 Å². The second-order valence-electron chi connectivity index (χ2n) is 5.79. The molecule has 0 radical (unpaired) electrons. The van der Waals surface area contributed by atoms with Gasteiger partial charge in [-0.05, 0) is 29.9 Å². The standard InChI is InChI=1S/C15H15BrN2O4S/c16-10-6-12-11(21-2-3-22-12)5-9(10)7-18-13(19)15(17-14(18)20)1-4-23-8-15/h5-6H,1-4,7-8H2,(H,17,20). The van der Waals surface area contributed by atoms with Gasteiger partial charge in [0.05, 0.1) is 6.54 Å². The number of benzene rings is 1. The van der Waals surface area contributed by atoms with Crippen LogP contribution in [0.1, 0.15) is 12.0 Å². The molecule has 0 aromatic heterocycles. The van der Waals surface area contributed by atoms with Crippen LogP contribution in [-0.4, -0.2) is 47.1 Å². The summed E-state index contributed by atoms with van der Waals surface area (Å²) in [5.41, 5.74) is 0.114. The molecule has 2 fully saturated rings. The molecule has 1 aromatic carbocycles. The van der Waals surface area contributed by atoms with Gasteiger partial charge in [-0.3, -0.25) is 9.69 Å². The quantitative estimate of drug-likeness (QED) is 0.772. The molecule has 1 unspecified atom stereocenters. The second-order valence-corrected chi connectivity index (χ2v) is 7.75. The summed E-state index contributed by atoms with van der Waals surface area (Å²) in [7, 11) is 0. The van der Waals surface area contributed by atoms with Crippen molar-refractivity contribution >= 4 is 39.6 Å². The van der Waals surface area contributed by atoms with Crippen molar-refractivity contribution in [1.29, 1.82) is 0 Å². The van der Waals surface area contributed by atoms with E-state index in [4.69, 9.17) is 9.47 Å². The molecule has 3 heterocycles. The summed E-state index contributed by atoms with van der Waals surface area (Å²) in [6.07, 6.45) is 0.695. The predicted molar refractivity (Wildman–Crippen MR) is 88.9 cm³/mol. The topological polar surface area (TPSA) is 67.9 Å². The van der Waals surface area contributed by atoms with Crippen molar-refractivity contribution in [1.82, 2.24) is 10.2 Å². The van der Waals surface area contributed by atoms with Gasteiger partial charge in [-0.25, -0.2) is 4.79 Å². The second kappa shape index (κ2) is 5.59. The van der Waals surface area contributed by atoms with Crippen LogP contribution in [0.3, 0.4) is 0 Å². The molecule has 2 saturated heterocycles. The van der Waals surface area contributed by atoms with Gasteiger partial charge in [0.2, 0.25) is 0 Å². The highest BCUT2D eigenvalue weighted by Gasteiger charge is 2.52.